The van der Waals surface area contributed by atoms with Gasteiger partial charge in [0.1, 0.15) is 0 Å². The van der Waals surface area contributed by atoms with Crippen LogP contribution in [0.4, 0.5) is 4.39 Å². The molecule has 0 amide bonds. The molecule has 0 nitrogen and oxygen atoms in total. The second-order valence-corrected chi connectivity index (χ2v) is 10.4. The molecule has 2 aromatic carbocycles. The second-order valence-electron chi connectivity index (χ2n) is 10.4. The minimum atomic E-state index is -0.150. The third-order valence-electron chi connectivity index (χ3n) is 8.30. The first-order valence-corrected chi connectivity index (χ1v) is 13.1. The summed E-state index contributed by atoms with van der Waals surface area (Å²) in [6.45, 7) is 3.82. The minimum absolute atomic E-state index is 0.150. The van der Waals surface area contributed by atoms with Gasteiger partial charge in [-0.1, -0.05) is 54.6 Å². The molecule has 2 aliphatic rings. The number of allylic oxidation sites excluding steroid dienone is 1. The van der Waals surface area contributed by atoms with Crippen LogP contribution in [-0.4, -0.2) is 6.67 Å². The third-order valence-corrected chi connectivity index (χ3v) is 8.30. The lowest BCUT2D eigenvalue weighted by Gasteiger charge is -2.28. The van der Waals surface area contributed by atoms with Crippen molar-refractivity contribution in [1.82, 2.24) is 0 Å². The largest absolute Gasteiger partial charge is 0.251 e. The number of alkyl halides is 1. The van der Waals surface area contributed by atoms with Crippen molar-refractivity contribution in [3.63, 3.8) is 0 Å². The van der Waals surface area contributed by atoms with Crippen LogP contribution >= 0.6 is 0 Å². The van der Waals surface area contributed by atoms with Crippen molar-refractivity contribution in [1.29, 1.82) is 0 Å². The van der Waals surface area contributed by atoms with E-state index in [9.17, 15) is 4.39 Å². The monoisotopic (exact) mass is 432 g/mol. The summed E-state index contributed by atoms with van der Waals surface area (Å²) in [5.74, 6) is 2.94. The molecule has 2 saturated carbocycles. The summed E-state index contributed by atoms with van der Waals surface area (Å²) in [7, 11) is 0. The molecule has 1 heteroatoms. The van der Waals surface area contributed by atoms with Crippen LogP contribution in [0.5, 0.6) is 0 Å². The highest BCUT2D eigenvalue weighted by molar-refractivity contribution is 5.29. The van der Waals surface area contributed by atoms with Gasteiger partial charge in [0.15, 0.2) is 0 Å². The average Bonchev–Trinajstić information content (AvgIpc) is 2.87. The van der Waals surface area contributed by atoms with Crippen molar-refractivity contribution in [3.05, 3.63) is 83.4 Å². The fourth-order valence-electron chi connectivity index (χ4n) is 6.04. The fraction of sp³-hybridized carbons (Fsp3) is 0.548. The summed E-state index contributed by atoms with van der Waals surface area (Å²) in [5, 5.41) is 0. The molecular formula is C31H41F. The number of benzene rings is 2. The van der Waals surface area contributed by atoms with Crippen LogP contribution in [0.2, 0.25) is 0 Å². The fourth-order valence-corrected chi connectivity index (χ4v) is 6.04. The smallest absolute Gasteiger partial charge is 0.0894 e. The van der Waals surface area contributed by atoms with Gasteiger partial charge in [-0.15, -0.1) is 6.58 Å². The van der Waals surface area contributed by atoms with Crippen LogP contribution in [0.3, 0.4) is 0 Å². The Morgan fingerprint density at radius 1 is 0.688 bits per heavy atom. The van der Waals surface area contributed by atoms with Gasteiger partial charge in [0.25, 0.3) is 0 Å². The second kappa shape index (κ2) is 11.8. The Kier molecular flexibility index (Phi) is 8.60. The van der Waals surface area contributed by atoms with Crippen LogP contribution in [0.25, 0.3) is 0 Å². The summed E-state index contributed by atoms with van der Waals surface area (Å²) >= 11 is 0. The lowest BCUT2D eigenvalue weighted by molar-refractivity contribution is 0.293. The predicted molar refractivity (Wildman–Crippen MR) is 135 cm³/mol. The Hall–Kier alpha value is -1.89. The van der Waals surface area contributed by atoms with Gasteiger partial charge in [0.2, 0.25) is 0 Å². The zero-order chi connectivity index (χ0) is 22.2. The first-order valence-electron chi connectivity index (χ1n) is 13.1. The molecule has 0 aliphatic heterocycles. The van der Waals surface area contributed by atoms with E-state index in [1.165, 1.54) is 73.6 Å². The van der Waals surface area contributed by atoms with Crippen LogP contribution in [0, 0.1) is 11.8 Å². The highest BCUT2D eigenvalue weighted by Crippen LogP contribution is 2.38. The lowest BCUT2D eigenvalue weighted by atomic mass is 9.77. The van der Waals surface area contributed by atoms with Gasteiger partial charge in [0.05, 0.1) is 6.67 Å². The summed E-state index contributed by atoms with van der Waals surface area (Å²) in [4.78, 5) is 0. The van der Waals surface area contributed by atoms with Crippen molar-refractivity contribution >= 4 is 0 Å². The Balaban J connectivity index is 1.23. The van der Waals surface area contributed by atoms with E-state index in [0.717, 1.165) is 43.4 Å². The van der Waals surface area contributed by atoms with Gasteiger partial charge < -0.3 is 0 Å². The number of hydrogen-bond acceptors (Lipinski definition) is 0. The number of aryl methyl sites for hydroxylation is 2. The van der Waals surface area contributed by atoms with Gasteiger partial charge in [-0.3, -0.25) is 4.39 Å². The molecule has 0 unspecified atom stereocenters. The molecule has 32 heavy (non-hydrogen) atoms. The molecule has 2 aromatic rings. The molecule has 2 fully saturated rings. The quantitative estimate of drug-likeness (QED) is 0.347. The van der Waals surface area contributed by atoms with Crippen LogP contribution < -0.4 is 0 Å². The Morgan fingerprint density at radius 2 is 1.16 bits per heavy atom. The standard InChI is InChI=1S/C31H41F/c1-2-24-7-15-28(16-8-24)30-19-11-26(12-20-30)5-6-27-13-21-31(22-14-27)29-17-9-25(10-18-29)4-3-23-32/h2,11-14,19-22,24-25,28-29H,1,3-10,15-18,23H2/t24-,25-,28-,29-. The zero-order valence-electron chi connectivity index (χ0n) is 19.8. The van der Waals surface area contributed by atoms with E-state index in [4.69, 9.17) is 0 Å². The van der Waals surface area contributed by atoms with E-state index >= 15 is 0 Å². The van der Waals surface area contributed by atoms with Gasteiger partial charge in [-0.05, 0) is 123 Å². The molecule has 4 rings (SSSR count). The van der Waals surface area contributed by atoms with Crippen molar-refractivity contribution < 1.29 is 4.39 Å². The SMILES string of the molecule is C=C[C@H]1CC[C@H](c2ccc(CCc3ccc([C@H]4CC[C@H](CCCF)CC4)cc3)cc2)CC1. The van der Waals surface area contributed by atoms with E-state index in [-0.39, 0.29) is 6.67 Å². The highest BCUT2D eigenvalue weighted by Gasteiger charge is 2.22. The molecule has 0 N–H and O–H groups in total. The van der Waals surface area contributed by atoms with Crippen LogP contribution in [0.15, 0.2) is 61.2 Å². The topological polar surface area (TPSA) is 0 Å². The summed E-state index contributed by atoms with van der Waals surface area (Å²) in [6.07, 6.45) is 16.5. The zero-order valence-corrected chi connectivity index (χ0v) is 19.8. The maximum Gasteiger partial charge on any atom is 0.0894 e. The Labute approximate surface area is 195 Å². The summed E-state index contributed by atoms with van der Waals surface area (Å²) in [5.41, 5.74) is 5.93. The van der Waals surface area contributed by atoms with E-state index < -0.39 is 0 Å². The minimum Gasteiger partial charge on any atom is -0.251 e. The summed E-state index contributed by atoms with van der Waals surface area (Å²) < 4.78 is 12.4. The molecule has 0 bridgehead atoms. The molecular weight excluding hydrogens is 391 g/mol. The van der Waals surface area contributed by atoms with Crippen LogP contribution in [0.1, 0.15) is 98.3 Å². The average molecular weight is 433 g/mol. The normalized spacial score (nSPS) is 26.0. The summed E-state index contributed by atoms with van der Waals surface area (Å²) in [6, 6.07) is 18.9. The first-order chi connectivity index (χ1) is 15.7. The van der Waals surface area contributed by atoms with E-state index in [1.807, 2.05) is 0 Å². The highest BCUT2D eigenvalue weighted by atomic mass is 19.1. The number of hydrogen-bond donors (Lipinski definition) is 0. The van der Waals surface area contributed by atoms with E-state index in [0.29, 0.717) is 5.92 Å². The predicted octanol–water partition coefficient (Wildman–Crippen LogP) is 8.96. The van der Waals surface area contributed by atoms with Crippen molar-refractivity contribution in [3.8, 4) is 0 Å². The lowest BCUT2D eigenvalue weighted by Crippen LogP contribution is -2.13. The maximum atomic E-state index is 12.4. The maximum absolute atomic E-state index is 12.4. The molecule has 0 saturated heterocycles. The van der Waals surface area contributed by atoms with Crippen LogP contribution in [-0.2, 0) is 12.8 Å². The molecule has 0 heterocycles. The molecule has 0 atom stereocenters. The van der Waals surface area contributed by atoms with Gasteiger partial charge in [-0.2, -0.15) is 0 Å². The molecule has 0 aromatic heterocycles. The number of rotatable bonds is 9. The third kappa shape index (κ3) is 6.33. The van der Waals surface area contributed by atoms with Gasteiger partial charge in [0, 0.05) is 0 Å². The van der Waals surface area contributed by atoms with Crippen molar-refractivity contribution in [2.75, 3.05) is 6.67 Å². The molecule has 2 aliphatic carbocycles. The van der Waals surface area contributed by atoms with E-state index in [1.54, 1.807) is 0 Å². The van der Waals surface area contributed by atoms with Gasteiger partial charge >= 0.3 is 0 Å². The van der Waals surface area contributed by atoms with Crippen molar-refractivity contribution in [2.24, 2.45) is 11.8 Å². The molecule has 172 valence electrons. The Morgan fingerprint density at radius 3 is 1.59 bits per heavy atom. The van der Waals surface area contributed by atoms with E-state index in [2.05, 4.69) is 61.2 Å². The first kappa shape index (κ1) is 23.3. The van der Waals surface area contributed by atoms with Crippen molar-refractivity contribution in [2.45, 2.75) is 88.9 Å². The van der Waals surface area contributed by atoms with Gasteiger partial charge in [-0.25, -0.2) is 0 Å². The number of halogens is 1. The Bertz CT molecular complexity index is 803. The molecule has 0 spiro atoms. The molecule has 0 radical (unpaired) electrons.